The summed E-state index contributed by atoms with van der Waals surface area (Å²) in [5.74, 6) is 0.336. The number of rotatable bonds is 3. The number of fused-ring (bicyclic) bond motifs is 1. The summed E-state index contributed by atoms with van der Waals surface area (Å²) in [5, 5.41) is 4.92. The molecule has 1 N–H and O–H groups in total. The lowest BCUT2D eigenvalue weighted by Crippen LogP contribution is -2.26. The fourth-order valence-electron chi connectivity index (χ4n) is 1.82. The van der Waals surface area contributed by atoms with E-state index in [2.05, 4.69) is 15.3 Å². The first-order chi connectivity index (χ1) is 9.24. The Bertz CT molecular complexity index is 671. The van der Waals surface area contributed by atoms with Crippen LogP contribution in [0.5, 0.6) is 0 Å². The molecule has 1 amide bonds. The third kappa shape index (κ3) is 2.34. The van der Waals surface area contributed by atoms with Crippen LogP contribution in [-0.2, 0) is 0 Å². The Morgan fingerprint density at radius 3 is 3.11 bits per heavy atom. The average Bonchev–Trinajstić information content (AvgIpc) is 3.07. The van der Waals surface area contributed by atoms with Gasteiger partial charge in [0.2, 0.25) is 5.78 Å². The molecule has 0 saturated carbocycles. The molecule has 3 aromatic heterocycles. The molecule has 1 atom stereocenters. The van der Waals surface area contributed by atoms with E-state index < -0.39 is 0 Å². The predicted molar refractivity (Wildman–Crippen MR) is 73.2 cm³/mol. The third-order valence-corrected chi connectivity index (χ3v) is 3.84. The van der Waals surface area contributed by atoms with Crippen LogP contribution in [-0.4, -0.2) is 20.3 Å². The van der Waals surface area contributed by atoms with Crippen molar-refractivity contribution in [2.75, 3.05) is 0 Å². The lowest BCUT2D eigenvalue weighted by Gasteiger charge is -2.10. The highest BCUT2D eigenvalue weighted by Crippen LogP contribution is 2.18. The molecule has 96 valence electrons. The largest absolute Gasteiger partial charge is 0.343 e. The smallest absolute Gasteiger partial charge is 0.272 e. The van der Waals surface area contributed by atoms with E-state index >= 15 is 0 Å². The van der Waals surface area contributed by atoms with Crippen molar-refractivity contribution >= 4 is 23.0 Å². The van der Waals surface area contributed by atoms with Crippen LogP contribution in [0.2, 0.25) is 0 Å². The number of carbonyl (C=O) groups excluding carboxylic acids is 1. The normalized spacial score (nSPS) is 12.5. The van der Waals surface area contributed by atoms with Crippen molar-refractivity contribution in [3.8, 4) is 0 Å². The number of imidazole rings is 1. The lowest BCUT2D eigenvalue weighted by atomic mass is 10.2. The van der Waals surface area contributed by atoms with Crippen molar-refractivity contribution in [3.63, 3.8) is 0 Å². The standard InChI is InChI=1S/C13H12N4OS/c1-9(11-4-2-7-19-11)15-12(18)10-8-17-6-3-5-14-13(17)16-10/h2-9H,1H3,(H,15,18)/t9-/m0/s1. The molecule has 6 heteroatoms. The van der Waals surface area contributed by atoms with Crippen LogP contribution in [0.1, 0.15) is 28.3 Å². The molecule has 0 radical (unpaired) electrons. The Hall–Kier alpha value is -2.21. The van der Waals surface area contributed by atoms with E-state index in [1.807, 2.05) is 30.6 Å². The van der Waals surface area contributed by atoms with Gasteiger partial charge >= 0.3 is 0 Å². The second kappa shape index (κ2) is 4.81. The van der Waals surface area contributed by atoms with Crippen molar-refractivity contribution in [1.29, 1.82) is 0 Å². The zero-order valence-corrected chi connectivity index (χ0v) is 11.1. The minimum Gasteiger partial charge on any atom is -0.343 e. The van der Waals surface area contributed by atoms with Gasteiger partial charge in [-0.05, 0) is 24.4 Å². The summed E-state index contributed by atoms with van der Waals surface area (Å²) in [6.45, 7) is 1.96. The molecule has 0 spiro atoms. The Morgan fingerprint density at radius 1 is 1.47 bits per heavy atom. The van der Waals surface area contributed by atoms with Crippen molar-refractivity contribution in [2.24, 2.45) is 0 Å². The molecular formula is C13H12N4OS. The van der Waals surface area contributed by atoms with Crippen LogP contribution < -0.4 is 5.32 Å². The molecule has 3 rings (SSSR count). The number of thiophene rings is 1. The van der Waals surface area contributed by atoms with Gasteiger partial charge in [-0.15, -0.1) is 11.3 Å². The number of nitrogens with zero attached hydrogens (tertiary/aromatic N) is 3. The fraction of sp³-hybridized carbons (Fsp3) is 0.154. The molecule has 5 nitrogen and oxygen atoms in total. The van der Waals surface area contributed by atoms with E-state index in [-0.39, 0.29) is 11.9 Å². The second-order valence-electron chi connectivity index (χ2n) is 4.16. The van der Waals surface area contributed by atoms with Gasteiger partial charge in [0.25, 0.3) is 5.91 Å². The van der Waals surface area contributed by atoms with Crippen molar-refractivity contribution < 1.29 is 4.79 Å². The topological polar surface area (TPSA) is 59.3 Å². The molecule has 0 aromatic carbocycles. The Balaban J connectivity index is 1.80. The Kier molecular flexibility index (Phi) is 3.00. The maximum atomic E-state index is 12.1. The zero-order valence-electron chi connectivity index (χ0n) is 10.3. The molecule has 0 aliphatic rings. The molecular weight excluding hydrogens is 260 g/mol. The van der Waals surface area contributed by atoms with Crippen LogP contribution in [0.4, 0.5) is 0 Å². The van der Waals surface area contributed by atoms with E-state index in [0.29, 0.717) is 11.5 Å². The Morgan fingerprint density at radius 2 is 2.37 bits per heavy atom. The molecule has 0 fully saturated rings. The molecule has 0 saturated heterocycles. The fourth-order valence-corrected chi connectivity index (χ4v) is 2.55. The third-order valence-electron chi connectivity index (χ3n) is 2.79. The summed E-state index contributed by atoms with van der Waals surface area (Å²) in [5.41, 5.74) is 0.377. The molecule has 3 heterocycles. The van der Waals surface area contributed by atoms with E-state index in [1.54, 1.807) is 34.2 Å². The van der Waals surface area contributed by atoms with Crippen molar-refractivity contribution in [1.82, 2.24) is 19.7 Å². The van der Waals surface area contributed by atoms with Crippen LogP contribution in [0.3, 0.4) is 0 Å². The van der Waals surface area contributed by atoms with Gasteiger partial charge in [0.15, 0.2) is 0 Å². The molecule has 0 aliphatic heterocycles. The van der Waals surface area contributed by atoms with E-state index in [4.69, 9.17) is 0 Å². The summed E-state index contributed by atoms with van der Waals surface area (Å²) >= 11 is 1.62. The first kappa shape index (κ1) is 11.9. The van der Waals surface area contributed by atoms with Gasteiger partial charge in [-0.3, -0.25) is 9.20 Å². The molecule has 19 heavy (non-hydrogen) atoms. The summed E-state index contributed by atoms with van der Waals surface area (Å²) in [6.07, 6.45) is 5.14. The maximum absolute atomic E-state index is 12.1. The highest BCUT2D eigenvalue weighted by Gasteiger charge is 2.15. The van der Waals surface area contributed by atoms with E-state index in [9.17, 15) is 4.79 Å². The van der Waals surface area contributed by atoms with E-state index in [0.717, 1.165) is 4.88 Å². The van der Waals surface area contributed by atoms with Gasteiger partial charge in [0, 0.05) is 23.5 Å². The summed E-state index contributed by atoms with van der Waals surface area (Å²) in [4.78, 5) is 21.5. The number of amides is 1. The van der Waals surface area contributed by atoms with Gasteiger partial charge in [0.05, 0.1) is 6.04 Å². The minimum absolute atomic E-state index is 0.0229. The minimum atomic E-state index is -0.189. The van der Waals surface area contributed by atoms with Gasteiger partial charge in [0.1, 0.15) is 5.69 Å². The zero-order chi connectivity index (χ0) is 13.2. The van der Waals surface area contributed by atoms with Gasteiger partial charge in [-0.25, -0.2) is 9.97 Å². The van der Waals surface area contributed by atoms with Crippen molar-refractivity contribution in [2.45, 2.75) is 13.0 Å². The van der Waals surface area contributed by atoms with Crippen LogP contribution >= 0.6 is 11.3 Å². The summed E-state index contributed by atoms with van der Waals surface area (Å²) < 4.78 is 1.73. The van der Waals surface area contributed by atoms with Crippen LogP contribution in [0.25, 0.3) is 5.78 Å². The average molecular weight is 272 g/mol. The van der Waals surface area contributed by atoms with Crippen LogP contribution in [0, 0.1) is 0 Å². The van der Waals surface area contributed by atoms with Gasteiger partial charge < -0.3 is 5.32 Å². The highest BCUT2D eigenvalue weighted by atomic mass is 32.1. The lowest BCUT2D eigenvalue weighted by molar-refractivity contribution is 0.0936. The SMILES string of the molecule is C[C@H](NC(=O)c1cn2cccnc2n1)c1cccs1. The number of nitrogens with one attached hydrogen (secondary N) is 1. The van der Waals surface area contributed by atoms with Gasteiger partial charge in [-0.2, -0.15) is 0 Å². The van der Waals surface area contributed by atoms with Gasteiger partial charge in [-0.1, -0.05) is 6.07 Å². The van der Waals surface area contributed by atoms with Crippen LogP contribution in [0.15, 0.2) is 42.2 Å². The number of aromatic nitrogens is 3. The molecule has 0 unspecified atom stereocenters. The second-order valence-corrected chi connectivity index (χ2v) is 5.14. The summed E-state index contributed by atoms with van der Waals surface area (Å²) in [6, 6.07) is 5.74. The maximum Gasteiger partial charge on any atom is 0.272 e. The monoisotopic (exact) mass is 272 g/mol. The number of hydrogen-bond donors (Lipinski definition) is 1. The molecule has 0 bridgehead atoms. The Labute approximate surface area is 113 Å². The summed E-state index contributed by atoms with van der Waals surface area (Å²) in [7, 11) is 0. The number of hydrogen-bond acceptors (Lipinski definition) is 4. The number of carbonyl (C=O) groups is 1. The molecule has 0 aliphatic carbocycles. The predicted octanol–water partition coefficient (Wildman–Crippen LogP) is 2.28. The van der Waals surface area contributed by atoms with Crippen molar-refractivity contribution in [3.05, 3.63) is 52.7 Å². The molecule has 3 aromatic rings. The quantitative estimate of drug-likeness (QED) is 0.795. The first-order valence-electron chi connectivity index (χ1n) is 5.88. The first-order valence-corrected chi connectivity index (χ1v) is 6.76. The highest BCUT2D eigenvalue weighted by molar-refractivity contribution is 7.10. The van der Waals surface area contributed by atoms with E-state index in [1.165, 1.54) is 0 Å².